The number of fused-ring (bicyclic) bond motifs is 1. The molecule has 0 aliphatic carbocycles. The minimum atomic E-state index is -1.34. The molecule has 0 unspecified atom stereocenters. The first-order valence-corrected chi connectivity index (χ1v) is 17.0. The second kappa shape index (κ2) is 15.3. The Labute approximate surface area is 297 Å². The molecule has 258 valence electrons. The molecule has 2 aliphatic rings. The molecule has 8 heteroatoms. The minimum absolute atomic E-state index is 0.0440. The summed E-state index contributed by atoms with van der Waals surface area (Å²) in [4.78, 5) is 28.9. The maximum absolute atomic E-state index is 13.9. The van der Waals surface area contributed by atoms with E-state index in [-0.39, 0.29) is 30.9 Å². The monoisotopic (exact) mass is 681 g/mol. The molecule has 7 rings (SSSR count). The number of nitrogens with zero attached hydrogens (tertiary/aromatic N) is 1. The third-order valence-electron chi connectivity index (χ3n) is 9.43. The Morgan fingerprint density at radius 2 is 1.16 bits per heavy atom. The molecule has 0 radical (unpaired) electrons. The van der Waals surface area contributed by atoms with Crippen LogP contribution in [0.15, 0.2) is 158 Å². The van der Waals surface area contributed by atoms with Gasteiger partial charge in [0.15, 0.2) is 6.29 Å². The van der Waals surface area contributed by atoms with E-state index >= 15 is 0 Å². The van der Waals surface area contributed by atoms with Crippen LogP contribution in [0, 0.1) is 0 Å². The predicted octanol–water partition coefficient (Wildman–Crippen LogP) is 6.53. The summed E-state index contributed by atoms with van der Waals surface area (Å²) in [5.74, 6) is -1.02. The highest BCUT2D eigenvalue weighted by atomic mass is 16.7. The fourth-order valence-electron chi connectivity index (χ4n) is 7.03. The Kier molecular flexibility index (Phi) is 10.3. The number of amides is 2. The molecule has 2 aliphatic heterocycles. The number of aliphatic hydroxyl groups excluding tert-OH is 1. The molecule has 8 nitrogen and oxygen atoms in total. The highest BCUT2D eigenvalue weighted by Gasteiger charge is 2.55. The van der Waals surface area contributed by atoms with Gasteiger partial charge in [0.25, 0.3) is 11.8 Å². The van der Waals surface area contributed by atoms with Crippen LogP contribution < -0.4 is 0 Å². The van der Waals surface area contributed by atoms with Gasteiger partial charge in [-0.1, -0.05) is 140 Å². The van der Waals surface area contributed by atoms with Gasteiger partial charge in [-0.2, -0.15) is 0 Å². The van der Waals surface area contributed by atoms with Crippen LogP contribution in [-0.4, -0.2) is 65.7 Å². The van der Waals surface area contributed by atoms with Crippen molar-refractivity contribution < 1.29 is 33.6 Å². The molecule has 5 atom stereocenters. The summed E-state index contributed by atoms with van der Waals surface area (Å²) in [5.41, 5.74) is 2.95. The van der Waals surface area contributed by atoms with Gasteiger partial charge in [0.1, 0.15) is 30.0 Å². The zero-order valence-electron chi connectivity index (χ0n) is 28.0. The van der Waals surface area contributed by atoms with Gasteiger partial charge in [-0.3, -0.25) is 14.5 Å². The zero-order chi connectivity index (χ0) is 35.2. The maximum Gasteiger partial charge on any atom is 0.262 e. The minimum Gasteiger partial charge on any atom is -0.388 e. The molecule has 5 aromatic carbocycles. The van der Waals surface area contributed by atoms with Crippen LogP contribution >= 0.6 is 0 Å². The molecule has 1 fully saturated rings. The number of hydrogen-bond acceptors (Lipinski definition) is 7. The number of aliphatic hydroxyl groups is 1. The van der Waals surface area contributed by atoms with E-state index in [0.29, 0.717) is 0 Å². The van der Waals surface area contributed by atoms with Crippen molar-refractivity contribution in [3.63, 3.8) is 0 Å². The molecular formula is C43H39NO7. The molecule has 0 aromatic heterocycles. The first-order valence-electron chi connectivity index (χ1n) is 17.0. The van der Waals surface area contributed by atoms with Crippen molar-refractivity contribution in [2.45, 2.75) is 42.9 Å². The summed E-state index contributed by atoms with van der Waals surface area (Å²) in [5, 5.41) is 12.1. The predicted molar refractivity (Wildman–Crippen MR) is 192 cm³/mol. The number of rotatable bonds is 13. The Morgan fingerprint density at radius 3 is 1.65 bits per heavy atom. The number of ether oxygens (including phenoxy) is 4. The Bertz CT molecular complexity index is 1810. The summed E-state index contributed by atoms with van der Waals surface area (Å²) in [6.45, 7) is 3.85. The maximum atomic E-state index is 13.9. The smallest absolute Gasteiger partial charge is 0.262 e. The molecule has 0 bridgehead atoms. The summed E-state index contributed by atoms with van der Waals surface area (Å²) in [7, 11) is 0. The van der Waals surface area contributed by atoms with Crippen LogP contribution in [0.25, 0.3) is 0 Å². The van der Waals surface area contributed by atoms with Crippen molar-refractivity contribution in [3.8, 4) is 0 Å². The Hall–Kier alpha value is -5.22. The average molecular weight is 682 g/mol. The lowest BCUT2D eigenvalue weighted by atomic mass is 9.80. The van der Waals surface area contributed by atoms with E-state index in [1.165, 1.54) is 0 Å². The normalized spacial score (nSPS) is 21.7. The standard InChI is InChI=1S/C43H39NO7/c1-2-27-48-39-37(44-40(46)34-25-15-16-26-35(34)41(44)47)42(49-28-30-17-7-3-8-18-30)51-36(38(39)45)29-50-43(31-19-9-4-10-20-31,32-21-11-5-12-22-32)33-23-13-6-14-24-33/h2-26,36-39,42,45H,1,27-29H2/t36-,37-,38-,39-,42-/m1/s1. The molecule has 0 spiro atoms. The molecule has 5 aromatic rings. The number of hydrogen-bond donors (Lipinski definition) is 1. The molecule has 1 saturated heterocycles. The van der Waals surface area contributed by atoms with E-state index in [1.807, 2.05) is 121 Å². The van der Waals surface area contributed by atoms with Gasteiger partial charge in [-0.15, -0.1) is 6.58 Å². The van der Waals surface area contributed by atoms with Crippen LogP contribution in [0.5, 0.6) is 0 Å². The fraction of sp³-hybridized carbons (Fsp3) is 0.209. The summed E-state index contributed by atoms with van der Waals surface area (Å²) in [6.07, 6.45) is -3.07. The summed E-state index contributed by atoms with van der Waals surface area (Å²) in [6, 6.07) is 44.7. The van der Waals surface area contributed by atoms with Crippen molar-refractivity contribution in [3.05, 3.63) is 192 Å². The number of benzene rings is 5. The van der Waals surface area contributed by atoms with Gasteiger partial charge in [0, 0.05) is 0 Å². The van der Waals surface area contributed by atoms with E-state index in [9.17, 15) is 14.7 Å². The largest absolute Gasteiger partial charge is 0.388 e. The van der Waals surface area contributed by atoms with Gasteiger partial charge < -0.3 is 24.1 Å². The fourth-order valence-corrected chi connectivity index (χ4v) is 7.03. The van der Waals surface area contributed by atoms with Gasteiger partial charge >= 0.3 is 0 Å². The van der Waals surface area contributed by atoms with E-state index < -0.39 is 48.1 Å². The molecule has 0 saturated carbocycles. The van der Waals surface area contributed by atoms with Crippen molar-refractivity contribution in [1.29, 1.82) is 0 Å². The van der Waals surface area contributed by atoms with Crippen LogP contribution in [0.2, 0.25) is 0 Å². The van der Waals surface area contributed by atoms with E-state index in [1.54, 1.807) is 30.3 Å². The SMILES string of the molecule is C=CCO[C@H]1[C@H](O)[C@@H](COC(c2ccccc2)(c2ccccc2)c2ccccc2)O[C@@H](OCc2ccccc2)[C@@H]1N1C(=O)c2ccccc2C1=O. The number of carbonyl (C=O) groups excluding carboxylic acids is 2. The molecular weight excluding hydrogens is 642 g/mol. The van der Waals surface area contributed by atoms with E-state index in [0.717, 1.165) is 27.2 Å². The van der Waals surface area contributed by atoms with Crippen LogP contribution in [0.1, 0.15) is 43.0 Å². The Balaban J connectivity index is 1.28. The second-order valence-corrected chi connectivity index (χ2v) is 12.5. The van der Waals surface area contributed by atoms with Crippen molar-refractivity contribution in [2.75, 3.05) is 13.2 Å². The van der Waals surface area contributed by atoms with Gasteiger partial charge in [0.05, 0.1) is 30.9 Å². The third kappa shape index (κ3) is 6.68. The molecule has 51 heavy (non-hydrogen) atoms. The van der Waals surface area contributed by atoms with Crippen molar-refractivity contribution in [2.24, 2.45) is 0 Å². The first kappa shape index (κ1) is 34.2. The lowest BCUT2D eigenvalue weighted by Gasteiger charge is -2.47. The van der Waals surface area contributed by atoms with Crippen LogP contribution in [0.4, 0.5) is 0 Å². The second-order valence-electron chi connectivity index (χ2n) is 12.5. The van der Waals surface area contributed by atoms with Crippen LogP contribution in [0.3, 0.4) is 0 Å². The van der Waals surface area contributed by atoms with Crippen LogP contribution in [-0.2, 0) is 31.2 Å². The molecule has 2 heterocycles. The quantitative estimate of drug-likeness (QED) is 0.0858. The third-order valence-corrected chi connectivity index (χ3v) is 9.43. The lowest BCUT2D eigenvalue weighted by molar-refractivity contribution is -0.293. The number of imide groups is 1. The summed E-state index contributed by atoms with van der Waals surface area (Å²) >= 11 is 0. The van der Waals surface area contributed by atoms with Crippen molar-refractivity contribution in [1.82, 2.24) is 4.90 Å². The van der Waals surface area contributed by atoms with E-state index in [4.69, 9.17) is 18.9 Å². The number of carbonyl (C=O) groups is 2. The molecule has 2 amide bonds. The topological polar surface area (TPSA) is 94.5 Å². The highest BCUT2D eigenvalue weighted by Crippen LogP contribution is 2.42. The van der Waals surface area contributed by atoms with Gasteiger partial charge in [0.2, 0.25) is 0 Å². The lowest BCUT2D eigenvalue weighted by Crippen LogP contribution is -2.66. The highest BCUT2D eigenvalue weighted by molar-refractivity contribution is 6.21. The Morgan fingerprint density at radius 1 is 0.686 bits per heavy atom. The van der Waals surface area contributed by atoms with Crippen molar-refractivity contribution >= 4 is 11.8 Å². The average Bonchev–Trinajstić information content (AvgIpc) is 3.44. The molecule has 1 N–H and O–H groups in total. The van der Waals surface area contributed by atoms with E-state index in [2.05, 4.69) is 6.58 Å². The van der Waals surface area contributed by atoms with Gasteiger partial charge in [-0.25, -0.2) is 0 Å². The summed E-state index contributed by atoms with van der Waals surface area (Å²) < 4.78 is 26.3. The first-order chi connectivity index (χ1) is 25.0. The zero-order valence-corrected chi connectivity index (χ0v) is 28.0. The van der Waals surface area contributed by atoms with Gasteiger partial charge in [-0.05, 0) is 34.4 Å².